The van der Waals surface area contributed by atoms with E-state index < -0.39 is 0 Å². The van der Waals surface area contributed by atoms with Crippen LogP contribution in [0.5, 0.6) is 0 Å². The quantitative estimate of drug-likeness (QED) is 0.786. The van der Waals surface area contributed by atoms with Crippen molar-refractivity contribution >= 4 is 29.1 Å². The van der Waals surface area contributed by atoms with Crippen molar-refractivity contribution in [3.05, 3.63) is 22.4 Å². The molecule has 1 aromatic heterocycles. The largest absolute Gasteiger partial charge is 0.353 e. The van der Waals surface area contributed by atoms with E-state index in [1.54, 1.807) is 11.3 Å². The van der Waals surface area contributed by atoms with Gasteiger partial charge in [0.1, 0.15) is 6.54 Å². The molecule has 1 aromatic rings. The van der Waals surface area contributed by atoms with E-state index in [-0.39, 0.29) is 43.1 Å². The van der Waals surface area contributed by atoms with Crippen molar-refractivity contribution in [3.63, 3.8) is 0 Å². The molecule has 0 bridgehead atoms. The van der Waals surface area contributed by atoms with E-state index >= 15 is 0 Å². The second kappa shape index (κ2) is 6.58. The first-order chi connectivity index (χ1) is 10.6. The van der Waals surface area contributed by atoms with Gasteiger partial charge in [-0.2, -0.15) is 11.3 Å². The lowest BCUT2D eigenvalue weighted by atomic mass is 10.0. The number of amides is 3. The second-order valence-corrected chi connectivity index (χ2v) is 6.42. The highest BCUT2D eigenvalue weighted by Crippen LogP contribution is 2.26. The number of imide groups is 1. The van der Waals surface area contributed by atoms with Crippen molar-refractivity contribution in [2.24, 2.45) is 0 Å². The highest BCUT2D eigenvalue weighted by atomic mass is 32.1. The van der Waals surface area contributed by atoms with E-state index in [9.17, 15) is 14.4 Å². The minimum atomic E-state index is -0.274. The summed E-state index contributed by atoms with van der Waals surface area (Å²) in [4.78, 5) is 38.5. The van der Waals surface area contributed by atoms with Crippen molar-refractivity contribution < 1.29 is 14.4 Å². The van der Waals surface area contributed by atoms with Gasteiger partial charge in [0.2, 0.25) is 17.7 Å². The monoisotopic (exact) mass is 321 g/mol. The highest BCUT2D eigenvalue weighted by Gasteiger charge is 2.31. The molecule has 6 nitrogen and oxygen atoms in total. The summed E-state index contributed by atoms with van der Waals surface area (Å²) in [7, 11) is 0. The topological polar surface area (TPSA) is 69.7 Å². The number of thiophene rings is 1. The minimum Gasteiger partial charge on any atom is -0.353 e. The molecule has 2 saturated heterocycles. The molecule has 22 heavy (non-hydrogen) atoms. The Labute approximate surface area is 133 Å². The number of carbonyl (C=O) groups excluding carboxylic acids is 3. The number of nitrogens with one attached hydrogen (secondary N) is 1. The van der Waals surface area contributed by atoms with E-state index in [0.717, 1.165) is 18.0 Å². The first-order valence-corrected chi connectivity index (χ1v) is 8.45. The Morgan fingerprint density at radius 3 is 2.55 bits per heavy atom. The molecule has 0 spiro atoms. The van der Waals surface area contributed by atoms with Gasteiger partial charge in [-0.1, -0.05) is 0 Å². The van der Waals surface area contributed by atoms with Gasteiger partial charge in [-0.05, 0) is 28.8 Å². The Hall–Kier alpha value is -1.73. The molecular formula is C15H19N3O3S. The van der Waals surface area contributed by atoms with Crippen LogP contribution < -0.4 is 5.32 Å². The first-order valence-electron chi connectivity index (χ1n) is 7.51. The van der Waals surface area contributed by atoms with Crippen molar-refractivity contribution in [2.75, 3.05) is 26.2 Å². The number of hydrogen-bond donors (Lipinski definition) is 1. The van der Waals surface area contributed by atoms with E-state index in [1.165, 1.54) is 12.0 Å². The molecule has 3 amide bonds. The predicted octanol–water partition coefficient (Wildman–Crippen LogP) is 0.760. The van der Waals surface area contributed by atoms with Gasteiger partial charge in [0.05, 0.1) is 6.04 Å². The maximum atomic E-state index is 12.0. The SMILES string of the molecule is O=C(CN1C(=O)CCC1=O)NC[C@H](c1ccsc1)N1CCC1. The smallest absolute Gasteiger partial charge is 0.240 e. The summed E-state index contributed by atoms with van der Waals surface area (Å²) in [6, 6.07) is 2.25. The summed E-state index contributed by atoms with van der Waals surface area (Å²) in [5.41, 5.74) is 1.21. The zero-order valence-electron chi connectivity index (χ0n) is 12.3. The van der Waals surface area contributed by atoms with Crippen LogP contribution in [0.1, 0.15) is 30.9 Å². The molecule has 1 atom stereocenters. The Kier molecular flexibility index (Phi) is 4.54. The fraction of sp³-hybridized carbons (Fsp3) is 0.533. The zero-order chi connectivity index (χ0) is 15.5. The van der Waals surface area contributed by atoms with Crippen LogP contribution in [0.4, 0.5) is 0 Å². The second-order valence-electron chi connectivity index (χ2n) is 5.64. The number of hydrogen-bond acceptors (Lipinski definition) is 5. The number of nitrogens with zero attached hydrogens (tertiary/aromatic N) is 2. The molecule has 1 N–H and O–H groups in total. The molecule has 0 aliphatic carbocycles. The van der Waals surface area contributed by atoms with Gasteiger partial charge < -0.3 is 5.32 Å². The highest BCUT2D eigenvalue weighted by molar-refractivity contribution is 7.07. The molecule has 0 saturated carbocycles. The molecule has 0 radical (unpaired) electrons. The van der Waals surface area contributed by atoms with Crippen molar-refractivity contribution in [1.82, 2.24) is 15.1 Å². The Morgan fingerprint density at radius 2 is 2.00 bits per heavy atom. The maximum absolute atomic E-state index is 12.0. The van der Waals surface area contributed by atoms with Gasteiger partial charge in [0, 0.05) is 32.5 Å². The van der Waals surface area contributed by atoms with Crippen molar-refractivity contribution in [3.8, 4) is 0 Å². The van der Waals surface area contributed by atoms with Crippen LogP contribution in [-0.2, 0) is 14.4 Å². The van der Waals surface area contributed by atoms with E-state index in [1.807, 2.05) is 5.38 Å². The number of likely N-dealkylation sites (tertiary alicyclic amines) is 2. The van der Waals surface area contributed by atoms with Crippen LogP contribution in [0.2, 0.25) is 0 Å². The lowest BCUT2D eigenvalue weighted by Crippen LogP contribution is -2.47. The Morgan fingerprint density at radius 1 is 1.27 bits per heavy atom. The Balaban J connectivity index is 1.54. The van der Waals surface area contributed by atoms with E-state index in [4.69, 9.17) is 0 Å². The maximum Gasteiger partial charge on any atom is 0.240 e. The molecule has 0 aromatic carbocycles. The minimum absolute atomic E-state index is 0.159. The number of carbonyl (C=O) groups is 3. The fourth-order valence-corrected chi connectivity index (χ4v) is 3.49. The van der Waals surface area contributed by atoms with Crippen LogP contribution in [0.15, 0.2) is 16.8 Å². The molecule has 2 aliphatic heterocycles. The average molecular weight is 321 g/mol. The summed E-state index contributed by atoms with van der Waals surface area (Å²) in [5.74, 6) is -0.779. The van der Waals surface area contributed by atoms with Crippen LogP contribution in [0.25, 0.3) is 0 Å². The number of rotatable bonds is 6. The molecule has 118 valence electrons. The molecule has 2 fully saturated rings. The first kappa shape index (κ1) is 15.2. The summed E-state index contributed by atoms with van der Waals surface area (Å²) in [5, 5.41) is 7.00. The average Bonchev–Trinajstić information content (AvgIpc) is 3.06. The summed E-state index contributed by atoms with van der Waals surface area (Å²) in [6.07, 6.45) is 1.63. The molecular weight excluding hydrogens is 302 g/mol. The lowest BCUT2D eigenvalue weighted by molar-refractivity contribution is -0.142. The standard InChI is InChI=1S/C15H19N3O3S/c19-13(9-18-14(20)2-3-15(18)21)16-8-12(17-5-1-6-17)11-4-7-22-10-11/h4,7,10,12H,1-3,5-6,8-9H2,(H,16,19)/t12-/m1/s1. The van der Waals surface area contributed by atoms with Crippen LogP contribution >= 0.6 is 11.3 Å². The summed E-state index contributed by atoms with van der Waals surface area (Å²) < 4.78 is 0. The van der Waals surface area contributed by atoms with Gasteiger partial charge in [0.15, 0.2) is 0 Å². The Bertz CT molecular complexity index is 553. The van der Waals surface area contributed by atoms with Crippen molar-refractivity contribution in [2.45, 2.75) is 25.3 Å². The predicted molar refractivity (Wildman–Crippen MR) is 82.2 cm³/mol. The lowest BCUT2D eigenvalue weighted by Gasteiger charge is -2.38. The van der Waals surface area contributed by atoms with Crippen LogP contribution in [-0.4, -0.2) is 53.7 Å². The fourth-order valence-electron chi connectivity index (χ4n) is 2.78. The normalized spacial score (nSPS) is 20.1. The van der Waals surface area contributed by atoms with Gasteiger partial charge in [0.25, 0.3) is 0 Å². The van der Waals surface area contributed by atoms with Crippen LogP contribution in [0, 0.1) is 0 Å². The summed E-state index contributed by atoms with van der Waals surface area (Å²) >= 11 is 1.64. The van der Waals surface area contributed by atoms with E-state index in [2.05, 4.69) is 21.7 Å². The van der Waals surface area contributed by atoms with E-state index in [0.29, 0.717) is 6.54 Å². The molecule has 7 heteroatoms. The van der Waals surface area contributed by atoms with Gasteiger partial charge in [-0.15, -0.1) is 0 Å². The molecule has 2 aliphatic rings. The molecule has 0 unspecified atom stereocenters. The zero-order valence-corrected chi connectivity index (χ0v) is 13.1. The third-order valence-electron chi connectivity index (χ3n) is 4.21. The van der Waals surface area contributed by atoms with Gasteiger partial charge in [-0.25, -0.2) is 0 Å². The van der Waals surface area contributed by atoms with Gasteiger partial charge in [-0.3, -0.25) is 24.2 Å². The van der Waals surface area contributed by atoms with Crippen LogP contribution in [0.3, 0.4) is 0 Å². The van der Waals surface area contributed by atoms with Gasteiger partial charge >= 0.3 is 0 Å². The third-order valence-corrected chi connectivity index (χ3v) is 4.91. The van der Waals surface area contributed by atoms with Crippen molar-refractivity contribution in [1.29, 1.82) is 0 Å². The molecule has 3 rings (SSSR count). The third kappa shape index (κ3) is 3.20. The summed E-state index contributed by atoms with van der Waals surface area (Å²) in [6.45, 7) is 2.43. The molecule has 3 heterocycles.